The Morgan fingerprint density at radius 1 is 0.944 bits per heavy atom. The number of piperidine rings is 1. The molecule has 1 saturated heterocycles. The lowest BCUT2D eigenvalue weighted by Crippen LogP contribution is -2.59. The number of carbonyl (C=O) groups excluding carboxylic acids is 1. The van der Waals surface area contributed by atoms with Crippen LogP contribution < -0.4 is 4.74 Å². The van der Waals surface area contributed by atoms with Crippen molar-refractivity contribution in [2.24, 2.45) is 0 Å². The van der Waals surface area contributed by atoms with Crippen molar-refractivity contribution >= 4 is 14.4 Å². The molecule has 198 valence electrons. The number of β-amino-alcohol motifs (C(OH)–C–C–N with tert-alkyl or cyclic N) is 1. The zero-order valence-corrected chi connectivity index (χ0v) is 23.8. The first kappa shape index (κ1) is 28.2. The Labute approximate surface area is 217 Å². The van der Waals surface area contributed by atoms with Gasteiger partial charge in [-0.3, -0.25) is 0 Å². The van der Waals surface area contributed by atoms with Gasteiger partial charge in [0.25, 0.3) is 0 Å². The molecule has 1 fully saturated rings. The molecule has 1 heterocycles. The number of hydrogen-bond acceptors (Lipinski definition) is 5. The maximum atomic E-state index is 13.1. The second kappa shape index (κ2) is 12.3. The Balaban J connectivity index is 1.90. The van der Waals surface area contributed by atoms with Gasteiger partial charge >= 0.3 is 6.09 Å². The third kappa shape index (κ3) is 6.13. The van der Waals surface area contributed by atoms with Gasteiger partial charge in [-0.15, -0.1) is 0 Å². The van der Waals surface area contributed by atoms with Crippen LogP contribution in [0.1, 0.15) is 58.6 Å². The fourth-order valence-corrected chi connectivity index (χ4v) is 11.6. The average Bonchev–Trinajstić information content (AvgIpc) is 2.85. The molecule has 6 nitrogen and oxygen atoms in total. The van der Waals surface area contributed by atoms with Crippen molar-refractivity contribution in [1.29, 1.82) is 0 Å². The minimum absolute atomic E-state index is 0.197. The molecule has 1 aliphatic heterocycles. The Morgan fingerprint density at radius 3 is 2.06 bits per heavy atom. The van der Waals surface area contributed by atoms with Gasteiger partial charge in [0.1, 0.15) is 12.4 Å². The van der Waals surface area contributed by atoms with Gasteiger partial charge in [-0.1, -0.05) is 84.0 Å². The quantitative estimate of drug-likeness (QED) is 0.396. The van der Waals surface area contributed by atoms with Crippen molar-refractivity contribution in [2.75, 3.05) is 20.2 Å². The first-order valence-electron chi connectivity index (χ1n) is 13.1. The number of nitrogens with zero attached hydrogens (tertiary/aromatic N) is 1. The highest BCUT2D eigenvalue weighted by atomic mass is 28.4. The summed E-state index contributed by atoms with van der Waals surface area (Å²) in [6, 6.07) is 17.5. The van der Waals surface area contributed by atoms with Crippen LogP contribution in [0.3, 0.4) is 0 Å². The molecular formula is C29H43NO5Si. The van der Waals surface area contributed by atoms with Crippen molar-refractivity contribution in [2.45, 2.75) is 82.9 Å². The lowest BCUT2D eigenvalue weighted by molar-refractivity contribution is -0.0255. The van der Waals surface area contributed by atoms with E-state index in [1.807, 2.05) is 54.6 Å². The second-order valence-electron chi connectivity index (χ2n) is 10.8. The summed E-state index contributed by atoms with van der Waals surface area (Å²) in [5, 5.41) is 11.4. The van der Waals surface area contributed by atoms with Gasteiger partial charge < -0.3 is 23.9 Å². The standard InChI is InChI=1S/C29H43NO5Si/c1-20(2)36(21(3)4,22(5)6)35-27-18-30(29(32)34-19-23-11-9-8-10-12-23)17-26(31)28(27)24-13-15-25(33-7)16-14-24/h8-16,20-22,26-28,31H,17-19H2,1-7H3. The van der Waals surface area contributed by atoms with Crippen LogP contribution >= 0.6 is 0 Å². The number of hydrogen-bond donors (Lipinski definition) is 1. The zero-order valence-electron chi connectivity index (χ0n) is 22.8. The monoisotopic (exact) mass is 513 g/mol. The fraction of sp³-hybridized carbons (Fsp3) is 0.552. The molecule has 3 atom stereocenters. The zero-order chi connectivity index (χ0) is 26.5. The van der Waals surface area contributed by atoms with Crippen molar-refractivity contribution in [3.63, 3.8) is 0 Å². The van der Waals surface area contributed by atoms with Crippen molar-refractivity contribution < 1.29 is 23.8 Å². The summed E-state index contributed by atoms with van der Waals surface area (Å²) in [6.07, 6.45) is -1.55. The van der Waals surface area contributed by atoms with E-state index in [0.29, 0.717) is 23.2 Å². The summed E-state index contributed by atoms with van der Waals surface area (Å²) in [6.45, 7) is 14.3. The van der Waals surface area contributed by atoms with E-state index < -0.39 is 20.5 Å². The largest absolute Gasteiger partial charge is 0.497 e. The van der Waals surface area contributed by atoms with Gasteiger partial charge in [-0.05, 0) is 39.9 Å². The highest BCUT2D eigenvalue weighted by Crippen LogP contribution is 2.45. The number of rotatable bonds is 9. The summed E-state index contributed by atoms with van der Waals surface area (Å²) < 4.78 is 18.2. The lowest BCUT2D eigenvalue weighted by atomic mass is 9.85. The van der Waals surface area contributed by atoms with E-state index in [9.17, 15) is 9.90 Å². The third-order valence-corrected chi connectivity index (χ3v) is 13.8. The van der Waals surface area contributed by atoms with Crippen LogP contribution in [0.15, 0.2) is 54.6 Å². The first-order chi connectivity index (χ1) is 17.1. The van der Waals surface area contributed by atoms with E-state index in [2.05, 4.69) is 41.5 Å². The maximum absolute atomic E-state index is 13.1. The molecule has 0 saturated carbocycles. The van der Waals surface area contributed by atoms with Crippen molar-refractivity contribution in [1.82, 2.24) is 4.90 Å². The SMILES string of the molecule is COc1ccc(C2C(O)CN(C(=O)OCc3ccccc3)CC2O[Si](C(C)C)(C(C)C)C(C)C)cc1. The molecule has 0 bridgehead atoms. The molecular weight excluding hydrogens is 470 g/mol. The molecule has 0 aliphatic carbocycles. The van der Waals surface area contributed by atoms with Crippen LogP contribution in [0.5, 0.6) is 5.75 Å². The molecule has 0 spiro atoms. The van der Waals surface area contributed by atoms with E-state index in [4.69, 9.17) is 13.9 Å². The van der Waals surface area contributed by atoms with E-state index in [1.54, 1.807) is 12.0 Å². The average molecular weight is 514 g/mol. The smallest absolute Gasteiger partial charge is 0.410 e. The van der Waals surface area contributed by atoms with Crippen LogP contribution in [0.4, 0.5) is 4.79 Å². The van der Waals surface area contributed by atoms with Gasteiger partial charge in [-0.25, -0.2) is 4.79 Å². The predicted molar refractivity (Wildman–Crippen MR) is 146 cm³/mol. The number of carbonyl (C=O) groups is 1. The number of likely N-dealkylation sites (tertiary alicyclic amines) is 1. The van der Waals surface area contributed by atoms with Gasteiger partial charge in [0.05, 0.1) is 25.9 Å². The first-order valence-corrected chi connectivity index (χ1v) is 15.2. The number of benzene rings is 2. The molecule has 0 radical (unpaired) electrons. The molecule has 7 heteroatoms. The summed E-state index contributed by atoms with van der Waals surface area (Å²) in [7, 11) is -0.645. The maximum Gasteiger partial charge on any atom is 0.410 e. The Bertz CT molecular complexity index is 942. The van der Waals surface area contributed by atoms with Gasteiger partial charge in [-0.2, -0.15) is 0 Å². The van der Waals surface area contributed by atoms with Crippen LogP contribution in [0, 0.1) is 0 Å². The third-order valence-electron chi connectivity index (χ3n) is 7.65. The predicted octanol–water partition coefficient (Wildman–Crippen LogP) is 6.35. The molecule has 0 aromatic heterocycles. The van der Waals surface area contributed by atoms with Crippen LogP contribution in [-0.2, 0) is 15.8 Å². The molecule has 1 aliphatic rings. The second-order valence-corrected chi connectivity index (χ2v) is 16.2. The number of aliphatic hydroxyl groups excluding tert-OH is 1. The topological polar surface area (TPSA) is 68.2 Å². The minimum atomic E-state index is -2.29. The normalized spacial score (nSPS) is 20.8. The van der Waals surface area contributed by atoms with Crippen LogP contribution in [0.25, 0.3) is 0 Å². The number of amides is 1. The number of methoxy groups -OCH3 is 1. The van der Waals surface area contributed by atoms with Crippen LogP contribution in [-0.4, -0.2) is 56.8 Å². The molecule has 36 heavy (non-hydrogen) atoms. The molecule has 3 unspecified atom stereocenters. The van der Waals surface area contributed by atoms with Crippen molar-refractivity contribution in [3.05, 3.63) is 65.7 Å². The van der Waals surface area contributed by atoms with E-state index in [0.717, 1.165) is 16.9 Å². The van der Waals surface area contributed by atoms with Gasteiger partial charge in [0.2, 0.25) is 8.32 Å². The van der Waals surface area contributed by atoms with Gasteiger partial charge in [0.15, 0.2) is 0 Å². The molecule has 2 aromatic rings. The highest BCUT2D eigenvalue weighted by molar-refractivity contribution is 6.77. The Hall–Kier alpha value is -2.35. The summed E-state index contributed by atoms with van der Waals surface area (Å²) in [4.78, 5) is 14.7. The van der Waals surface area contributed by atoms with Crippen molar-refractivity contribution in [3.8, 4) is 5.75 Å². The Morgan fingerprint density at radius 2 is 1.53 bits per heavy atom. The number of aliphatic hydroxyl groups is 1. The molecule has 1 N–H and O–H groups in total. The van der Waals surface area contributed by atoms with E-state index in [1.165, 1.54) is 0 Å². The Kier molecular flexibility index (Phi) is 9.61. The van der Waals surface area contributed by atoms with Crippen LogP contribution in [0.2, 0.25) is 16.6 Å². The van der Waals surface area contributed by atoms with E-state index >= 15 is 0 Å². The lowest BCUT2D eigenvalue weighted by Gasteiger charge is -2.49. The number of ether oxygens (including phenoxy) is 2. The van der Waals surface area contributed by atoms with Gasteiger partial charge in [0, 0.05) is 12.5 Å². The molecule has 2 aromatic carbocycles. The summed E-state index contributed by atoms with van der Waals surface area (Å²) in [5.41, 5.74) is 3.06. The fourth-order valence-electron chi connectivity index (χ4n) is 6.00. The minimum Gasteiger partial charge on any atom is -0.497 e. The summed E-state index contributed by atoms with van der Waals surface area (Å²) in [5.74, 6) is 0.514. The molecule has 1 amide bonds. The van der Waals surface area contributed by atoms with E-state index in [-0.39, 0.29) is 25.2 Å². The highest BCUT2D eigenvalue weighted by Gasteiger charge is 2.50. The summed E-state index contributed by atoms with van der Waals surface area (Å²) >= 11 is 0. The molecule has 3 rings (SSSR count).